The van der Waals surface area contributed by atoms with E-state index in [1.807, 2.05) is 51.5 Å². The molecule has 30 heavy (non-hydrogen) atoms. The topological polar surface area (TPSA) is 69.5 Å². The molecule has 5 aromatic rings. The van der Waals surface area contributed by atoms with Crippen molar-refractivity contribution in [1.29, 1.82) is 0 Å². The molecule has 152 valence electrons. The van der Waals surface area contributed by atoms with Crippen molar-refractivity contribution >= 4 is 34.1 Å². The minimum atomic E-state index is -0.00803. The number of thioether (sulfide) groups is 1. The Morgan fingerprint density at radius 1 is 1.10 bits per heavy atom. The van der Waals surface area contributed by atoms with Crippen molar-refractivity contribution in [2.75, 3.05) is 0 Å². The van der Waals surface area contributed by atoms with Crippen LogP contribution >= 0.6 is 11.8 Å². The van der Waals surface area contributed by atoms with Crippen LogP contribution < -0.4 is 5.56 Å². The van der Waals surface area contributed by atoms with E-state index in [9.17, 15) is 4.79 Å². The smallest absolute Gasteiger partial charge is 0.262 e. The highest BCUT2D eigenvalue weighted by Crippen LogP contribution is 2.25. The van der Waals surface area contributed by atoms with Gasteiger partial charge in [0.05, 0.1) is 16.6 Å². The van der Waals surface area contributed by atoms with Gasteiger partial charge < -0.3 is 4.40 Å². The van der Waals surface area contributed by atoms with Gasteiger partial charge in [0.25, 0.3) is 5.56 Å². The molecule has 0 saturated heterocycles. The number of aromatic nitrogens is 6. The van der Waals surface area contributed by atoms with E-state index < -0.39 is 0 Å². The highest BCUT2D eigenvalue weighted by molar-refractivity contribution is 7.98. The molecule has 0 N–H and O–H groups in total. The first kappa shape index (κ1) is 18.9. The summed E-state index contributed by atoms with van der Waals surface area (Å²) >= 11 is 1.58. The quantitative estimate of drug-likeness (QED) is 0.389. The molecule has 0 aliphatic carbocycles. The molecule has 4 aromatic heterocycles. The maximum absolute atomic E-state index is 13.0. The van der Waals surface area contributed by atoms with Crippen LogP contribution in [-0.2, 0) is 12.3 Å². The summed E-state index contributed by atoms with van der Waals surface area (Å²) in [7, 11) is 0. The van der Waals surface area contributed by atoms with Crippen molar-refractivity contribution in [2.45, 2.75) is 44.1 Å². The van der Waals surface area contributed by atoms with E-state index in [2.05, 4.69) is 30.1 Å². The average molecular weight is 419 g/mol. The van der Waals surface area contributed by atoms with Crippen LogP contribution in [0.1, 0.15) is 31.0 Å². The lowest BCUT2D eigenvalue weighted by Gasteiger charge is -2.10. The summed E-state index contributed by atoms with van der Waals surface area (Å²) in [5.41, 5.74) is 3.93. The number of pyridine rings is 1. The van der Waals surface area contributed by atoms with Gasteiger partial charge in [-0.05, 0) is 37.1 Å². The normalized spacial score (nSPS) is 11.8. The van der Waals surface area contributed by atoms with Crippen LogP contribution in [0.3, 0.4) is 0 Å². The third-order valence-electron chi connectivity index (χ3n) is 5.29. The standard InChI is InChI=1S/C22H22N6OS/c1-3-4-12-27-20(29)17-9-5-6-10-18(17)28-21(27)24-25-22(28)30-14-16-13-26-11-7-8-15(2)19(26)23-16/h5-11,13H,3-4,12,14H2,1-2H3. The first-order valence-electron chi connectivity index (χ1n) is 10.1. The third kappa shape index (κ3) is 3.08. The predicted octanol–water partition coefficient (Wildman–Crippen LogP) is 4.09. The maximum Gasteiger partial charge on any atom is 0.262 e. The van der Waals surface area contributed by atoms with Crippen LogP contribution in [-0.4, -0.2) is 28.5 Å². The molecule has 0 fully saturated rings. The summed E-state index contributed by atoms with van der Waals surface area (Å²) in [5.74, 6) is 1.27. The molecule has 0 unspecified atom stereocenters. The Morgan fingerprint density at radius 2 is 1.97 bits per heavy atom. The second kappa shape index (κ2) is 7.60. The molecule has 0 aliphatic heterocycles. The fourth-order valence-electron chi connectivity index (χ4n) is 3.76. The first-order valence-corrected chi connectivity index (χ1v) is 11.1. The van der Waals surface area contributed by atoms with Gasteiger partial charge in [-0.15, -0.1) is 10.2 Å². The second-order valence-electron chi connectivity index (χ2n) is 7.39. The molecule has 0 saturated carbocycles. The first-order chi connectivity index (χ1) is 14.7. The molecule has 1 aromatic carbocycles. The highest BCUT2D eigenvalue weighted by Gasteiger charge is 2.17. The van der Waals surface area contributed by atoms with Crippen LogP contribution in [0, 0.1) is 6.92 Å². The Bertz CT molecular complexity index is 1430. The Morgan fingerprint density at radius 3 is 2.80 bits per heavy atom. The van der Waals surface area contributed by atoms with Crippen molar-refractivity contribution in [1.82, 2.24) is 28.5 Å². The predicted molar refractivity (Wildman–Crippen MR) is 119 cm³/mol. The van der Waals surface area contributed by atoms with E-state index in [0.717, 1.165) is 40.4 Å². The van der Waals surface area contributed by atoms with E-state index in [1.165, 1.54) is 0 Å². The zero-order valence-corrected chi connectivity index (χ0v) is 17.8. The molecule has 5 rings (SSSR count). The van der Waals surface area contributed by atoms with Gasteiger partial charge in [-0.25, -0.2) is 4.98 Å². The van der Waals surface area contributed by atoms with Gasteiger partial charge in [-0.2, -0.15) is 0 Å². The summed E-state index contributed by atoms with van der Waals surface area (Å²) in [6, 6.07) is 11.8. The van der Waals surface area contributed by atoms with Crippen LogP contribution in [0.2, 0.25) is 0 Å². The number of rotatable bonds is 6. The molecule has 0 atom stereocenters. The van der Waals surface area contributed by atoms with Gasteiger partial charge in [0.2, 0.25) is 5.78 Å². The van der Waals surface area contributed by atoms with Gasteiger partial charge >= 0.3 is 0 Å². The lowest BCUT2D eigenvalue weighted by molar-refractivity contribution is 0.620. The van der Waals surface area contributed by atoms with Crippen molar-refractivity contribution in [3.63, 3.8) is 0 Å². The van der Waals surface area contributed by atoms with Crippen LogP contribution in [0.25, 0.3) is 22.3 Å². The van der Waals surface area contributed by atoms with E-state index in [1.54, 1.807) is 16.3 Å². The Balaban J connectivity index is 1.58. The number of nitrogens with zero attached hydrogens (tertiary/aromatic N) is 6. The van der Waals surface area contributed by atoms with Crippen molar-refractivity contribution in [3.05, 3.63) is 70.4 Å². The van der Waals surface area contributed by atoms with Gasteiger partial charge in [0.15, 0.2) is 5.16 Å². The van der Waals surface area contributed by atoms with E-state index in [-0.39, 0.29) is 5.56 Å². The fourth-order valence-corrected chi connectivity index (χ4v) is 4.58. The lowest BCUT2D eigenvalue weighted by Crippen LogP contribution is -2.23. The zero-order valence-electron chi connectivity index (χ0n) is 16.9. The Kier molecular flexibility index (Phi) is 4.78. The van der Waals surface area contributed by atoms with Crippen LogP contribution in [0.15, 0.2) is 58.7 Å². The summed E-state index contributed by atoms with van der Waals surface area (Å²) in [5, 5.41) is 10.3. The van der Waals surface area contributed by atoms with Crippen molar-refractivity contribution in [3.8, 4) is 0 Å². The SMILES string of the molecule is CCCCn1c(=O)c2ccccc2n2c(SCc3cn4cccc(C)c4n3)nnc12. The van der Waals surface area contributed by atoms with Gasteiger partial charge in [0, 0.05) is 24.7 Å². The van der Waals surface area contributed by atoms with Crippen LogP contribution in [0.4, 0.5) is 0 Å². The number of imidazole rings is 1. The average Bonchev–Trinajstić information content (AvgIpc) is 3.37. The number of unbranched alkanes of at least 4 members (excludes halogenated alkanes) is 1. The number of hydrogen-bond acceptors (Lipinski definition) is 5. The maximum atomic E-state index is 13.0. The summed E-state index contributed by atoms with van der Waals surface area (Å²) in [4.78, 5) is 17.8. The van der Waals surface area contributed by atoms with Crippen molar-refractivity contribution in [2.24, 2.45) is 0 Å². The van der Waals surface area contributed by atoms with Gasteiger partial charge in [-0.3, -0.25) is 13.8 Å². The molecule has 8 heteroatoms. The van der Waals surface area contributed by atoms with E-state index >= 15 is 0 Å². The van der Waals surface area contributed by atoms with Crippen molar-refractivity contribution < 1.29 is 0 Å². The number of hydrogen-bond donors (Lipinski definition) is 0. The molecule has 7 nitrogen and oxygen atoms in total. The van der Waals surface area contributed by atoms with Gasteiger partial charge in [-0.1, -0.05) is 43.3 Å². The minimum Gasteiger partial charge on any atom is -0.307 e. The number of aryl methyl sites for hydroxylation is 2. The highest BCUT2D eigenvalue weighted by atomic mass is 32.2. The molecule has 0 radical (unpaired) electrons. The molecule has 0 spiro atoms. The molecule has 4 heterocycles. The summed E-state index contributed by atoms with van der Waals surface area (Å²) in [6.45, 7) is 4.82. The third-order valence-corrected chi connectivity index (χ3v) is 6.25. The molecule has 0 aliphatic rings. The number of para-hydroxylation sites is 1. The summed E-state index contributed by atoms with van der Waals surface area (Å²) < 4.78 is 5.79. The van der Waals surface area contributed by atoms with E-state index in [4.69, 9.17) is 4.98 Å². The summed E-state index contributed by atoms with van der Waals surface area (Å²) in [6.07, 6.45) is 5.99. The Hall–Kier alpha value is -3.13. The Labute approximate surface area is 177 Å². The fraction of sp³-hybridized carbons (Fsp3) is 0.273. The molecular weight excluding hydrogens is 396 g/mol. The largest absolute Gasteiger partial charge is 0.307 e. The minimum absolute atomic E-state index is 0.00803. The molecule has 0 bridgehead atoms. The van der Waals surface area contributed by atoms with Crippen LogP contribution in [0.5, 0.6) is 0 Å². The monoisotopic (exact) mass is 418 g/mol. The second-order valence-corrected chi connectivity index (χ2v) is 8.33. The molecular formula is C22H22N6OS. The number of benzene rings is 1. The number of fused-ring (bicyclic) bond motifs is 4. The molecule has 0 amide bonds. The van der Waals surface area contributed by atoms with Gasteiger partial charge in [0.1, 0.15) is 5.65 Å². The van der Waals surface area contributed by atoms with E-state index in [0.29, 0.717) is 23.5 Å². The zero-order chi connectivity index (χ0) is 20.7. The lowest BCUT2D eigenvalue weighted by atomic mass is 10.2.